The molecule has 2 aromatic rings. The van der Waals surface area contributed by atoms with E-state index in [9.17, 15) is 0 Å². The second kappa shape index (κ2) is 3.64. The van der Waals surface area contributed by atoms with Crippen LogP contribution in [-0.2, 0) is 0 Å². The van der Waals surface area contributed by atoms with Gasteiger partial charge in [0.05, 0.1) is 0 Å². The lowest BCUT2D eigenvalue weighted by Crippen LogP contribution is -1.89. The number of anilines is 1. The molecular weight excluding hydrogens is 198 g/mol. The third kappa shape index (κ3) is 1.83. The molecule has 2 heterocycles. The van der Waals surface area contributed by atoms with E-state index in [1.807, 2.05) is 12.1 Å². The Kier molecular flexibility index (Phi) is 2.33. The molecule has 0 fully saturated rings. The van der Waals surface area contributed by atoms with E-state index in [1.165, 1.54) is 0 Å². The lowest BCUT2D eigenvalue weighted by Gasteiger charge is -2.01. The number of aromatic nitrogens is 2. The molecule has 0 bridgehead atoms. The summed E-state index contributed by atoms with van der Waals surface area (Å²) in [6.45, 7) is 0. The van der Waals surface area contributed by atoms with Crippen LogP contribution >= 0.6 is 11.6 Å². The van der Waals surface area contributed by atoms with Gasteiger partial charge in [-0.2, -0.15) is 0 Å². The van der Waals surface area contributed by atoms with Gasteiger partial charge >= 0.3 is 0 Å². The maximum absolute atomic E-state index is 5.68. The minimum Gasteiger partial charge on any atom is -0.384 e. The first-order valence-electron chi connectivity index (χ1n) is 4.09. The van der Waals surface area contributed by atoms with Crippen molar-refractivity contribution in [2.24, 2.45) is 0 Å². The topological polar surface area (TPSA) is 51.8 Å². The number of nitrogen functional groups attached to an aromatic ring is 1. The van der Waals surface area contributed by atoms with E-state index in [-0.39, 0.29) is 0 Å². The molecule has 0 aromatic carbocycles. The van der Waals surface area contributed by atoms with Crippen LogP contribution in [-0.4, -0.2) is 9.97 Å². The Labute approximate surface area is 86.6 Å². The molecule has 70 valence electrons. The SMILES string of the molecule is Nc1cc(-c2ccc(Cl)nc2)ccn1. The second-order valence-electron chi connectivity index (χ2n) is 2.84. The Hall–Kier alpha value is -1.61. The Bertz CT molecular complexity index is 439. The zero-order chi connectivity index (χ0) is 9.97. The number of rotatable bonds is 1. The first-order chi connectivity index (χ1) is 6.75. The molecule has 0 saturated carbocycles. The lowest BCUT2D eigenvalue weighted by atomic mass is 10.1. The van der Waals surface area contributed by atoms with Crippen LogP contribution in [0.4, 0.5) is 5.82 Å². The summed E-state index contributed by atoms with van der Waals surface area (Å²) in [6, 6.07) is 7.31. The van der Waals surface area contributed by atoms with Crippen LogP contribution < -0.4 is 5.73 Å². The van der Waals surface area contributed by atoms with Gasteiger partial charge in [-0.15, -0.1) is 0 Å². The molecule has 4 heteroatoms. The summed E-state index contributed by atoms with van der Waals surface area (Å²) in [5.74, 6) is 0.498. The van der Waals surface area contributed by atoms with E-state index < -0.39 is 0 Å². The van der Waals surface area contributed by atoms with Gasteiger partial charge in [0.15, 0.2) is 0 Å². The summed E-state index contributed by atoms with van der Waals surface area (Å²) < 4.78 is 0. The Balaban J connectivity index is 2.44. The summed E-state index contributed by atoms with van der Waals surface area (Å²) >= 11 is 5.68. The average molecular weight is 206 g/mol. The minimum absolute atomic E-state index is 0.482. The van der Waals surface area contributed by atoms with Gasteiger partial charge in [0.1, 0.15) is 11.0 Å². The lowest BCUT2D eigenvalue weighted by molar-refractivity contribution is 1.31. The Morgan fingerprint density at radius 2 is 1.93 bits per heavy atom. The van der Waals surface area contributed by atoms with Crippen molar-refractivity contribution in [3.63, 3.8) is 0 Å². The predicted molar refractivity (Wildman–Crippen MR) is 56.9 cm³/mol. The maximum atomic E-state index is 5.68. The highest BCUT2D eigenvalue weighted by Crippen LogP contribution is 2.20. The summed E-state index contributed by atoms with van der Waals surface area (Å²) in [6.07, 6.45) is 3.37. The van der Waals surface area contributed by atoms with E-state index in [4.69, 9.17) is 17.3 Å². The fourth-order valence-corrected chi connectivity index (χ4v) is 1.29. The number of hydrogen-bond acceptors (Lipinski definition) is 3. The molecule has 0 amide bonds. The molecule has 14 heavy (non-hydrogen) atoms. The van der Waals surface area contributed by atoms with Crippen molar-refractivity contribution in [1.82, 2.24) is 9.97 Å². The van der Waals surface area contributed by atoms with Crippen LogP contribution in [0.15, 0.2) is 36.7 Å². The number of pyridine rings is 2. The summed E-state index contributed by atoms with van der Waals surface area (Å²) in [4.78, 5) is 7.90. The van der Waals surface area contributed by atoms with Gasteiger partial charge in [0.25, 0.3) is 0 Å². The molecule has 2 rings (SSSR count). The maximum Gasteiger partial charge on any atom is 0.129 e. The summed E-state index contributed by atoms with van der Waals surface area (Å²) in [5, 5.41) is 0.482. The predicted octanol–water partition coefficient (Wildman–Crippen LogP) is 2.38. The molecule has 3 nitrogen and oxygen atoms in total. The summed E-state index contributed by atoms with van der Waals surface area (Å²) in [7, 11) is 0. The van der Waals surface area contributed by atoms with Crippen LogP contribution in [0, 0.1) is 0 Å². The number of halogens is 1. The van der Waals surface area contributed by atoms with Gasteiger partial charge in [-0.1, -0.05) is 11.6 Å². The zero-order valence-electron chi connectivity index (χ0n) is 7.31. The van der Waals surface area contributed by atoms with Crippen molar-refractivity contribution >= 4 is 17.4 Å². The van der Waals surface area contributed by atoms with Crippen LogP contribution in [0.5, 0.6) is 0 Å². The minimum atomic E-state index is 0.482. The normalized spacial score (nSPS) is 10.1. The van der Waals surface area contributed by atoms with Gasteiger partial charge in [-0.3, -0.25) is 0 Å². The first kappa shape index (κ1) is 8.97. The highest BCUT2D eigenvalue weighted by molar-refractivity contribution is 6.29. The van der Waals surface area contributed by atoms with Crippen LogP contribution in [0.2, 0.25) is 5.15 Å². The van der Waals surface area contributed by atoms with Crippen LogP contribution in [0.3, 0.4) is 0 Å². The van der Waals surface area contributed by atoms with E-state index >= 15 is 0 Å². The van der Waals surface area contributed by atoms with Crippen LogP contribution in [0.1, 0.15) is 0 Å². The van der Waals surface area contributed by atoms with Gasteiger partial charge in [0.2, 0.25) is 0 Å². The van der Waals surface area contributed by atoms with Crippen molar-refractivity contribution in [3.05, 3.63) is 41.8 Å². The molecule has 0 saturated heterocycles. The Morgan fingerprint density at radius 3 is 2.57 bits per heavy atom. The van der Waals surface area contributed by atoms with Crippen molar-refractivity contribution in [1.29, 1.82) is 0 Å². The third-order valence-corrected chi connectivity index (χ3v) is 2.07. The standard InChI is InChI=1S/C10H8ClN3/c11-9-2-1-8(6-14-9)7-3-4-13-10(12)5-7/h1-6H,(H2,12,13). The average Bonchev–Trinajstić information content (AvgIpc) is 2.19. The molecule has 0 spiro atoms. The first-order valence-corrected chi connectivity index (χ1v) is 4.47. The monoisotopic (exact) mass is 205 g/mol. The smallest absolute Gasteiger partial charge is 0.129 e. The van der Waals surface area contributed by atoms with Gasteiger partial charge < -0.3 is 5.73 Å². The highest BCUT2D eigenvalue weighted by atomic mass is 35.5. The van der Waals surface area contributed by atoms with Gasteiger partial charge in [0, 0.05) is 18.0 Å². The van der Waals surface area contributed by atoms with Crippen molar-refractivity contribution in [2.75, 3.05) is 5.73 Å². The van der Waals surface area contributed by atoms with Gasteiger partial charge in [-0.25, -0.2) is 9.97 Å². The van der Waals surface area contributed by atoms with E-state index in [0.717, 1.165) is 11.1 Å². The second-order valence-corrected chi connectivity index (χ2v) is 3.23. The van der Waals surface area contributed by atoms with Crippen molar-refractivity contribution in [2.45, 2.75) is 0 Å². The fourth-order valence-electron chi connectivity index (χ4n) is 1.17. The van der Waals surface area contributed by atoms with E-state index in [0.29, 0.717) is 11.0 Å². The Morgan fingerprint density at radius 1 is 1.07 bits per heavy atom. The third-order valence-electron chi connectivity index (χ3n) is 1.84. The van der Waals surface area contributed by atoms with E-state index in [2.05, 4.69) is 9.97 Å². The molecular formula is C10H8ClN3. The molecule has 0 atom stereocenters. The van der Waals surface area contributed by atoms with Crippen molar-refractivity contribution in [3.8, 4) is 11.1 Å². The van der Waals surface area contributed by atoms with Gasteiger partial charge in [-0.05, 0) is 29.8 Å². The highest BCUT2D eigenvalue weighted by Gasteiger charge is 1.98. The van der Waals surface area contributed by atoms with Crippen molar-refractivity contribution < 1.29 is 0 Å². The quantitative estimate of drug-likeness (QED) is 0.728. The summed E-state index contributed by atoms with van der Waals surface area (Å²) in [5.41, 5.74) is 7.53. The number of nitrogens with zero attached hydrogens (tertiary/aromatic N) is 2. The molecule has 0 unspecified atom stereocenters. The molecule has 0 aliphatic rings. The molecule has 0 aliphatic carbocycles. The molecule has 0 radical (unpaired) electrons. The van der Waals surface area contributed by atoms with E-state index in [1.54, 1.807) is 24.5 Å². The molecule has 2 aromatic heterocycles. The zero-order valence-corrected chi connectivity index (χ0v) is 8.07. The molecule has 0 aliphatic heterocycles. The largest absolute Gasteiger partial charge is 0.384 e. The molecule has 2 N–H and O–H groups in total. The number of hydrogen-bond donors (Lipinski definition) is 1. The fraction of sp³-hybridized carbons (Fsp3) is 0. The number of nitrogens with two attached hydrogens (primary N) is 1. The van der Waals surface area contributed by atoms with Crippen LogP contribution in [0.25, 0.3) is 11.1 Å².